The van der Waals surface area contributed by atoms with Crippen molar-refractivity contribution in [3.63, 3.8) is 0 Å². The molecule has 0 atom stereocenters. The number of nitrogens with one attached hydrogen (secondary N) is 2. The molecule has 0 radical (unpaired) electrons. The summed E-state index contributed by atoms with van der Waals surface area (Å²) in [5.41, 5.74) is 5.23. The lowest BCUT2D eigenvalue weighted by Gasteiger charge is -2.11. The SMILES string of the molecule is Cc1cc(C)cc(OCC(=O)NNS(=O)(=O)c2ccc(C(C)C)cc2)c1. The first kappa shape index (κ1) is 19.9. The van der Waals surface area contributed by atoms with Gasteiger partial charge >= 0.3 is 0 Å². The minimum atomic E-state index is -3.83. The van der Waals surface area contributed by atoms with Crippen LogP contribution >= 0.6 is 0 Å². The largest absolute Gasteiger partial charge is 0.484 e. The van der Waals surface area contributed by atoms with Crippen molar-refractivity contribution in [2.24, 2.45) is 0 Å². The number of sulfonamides is 1. The van der Waals surface area contributed by atoms with Gasteiger partial charge in [0.1, 0.15) is 5.75 Å². The molecule has 0 saturated heterocycles. The van der Waals surface area contributed by atoms with E-state index in [0.717, 1.165) is 16.7 Å². The Hall–Kier alpha value is -2.38. The number of hydrazine groups is 1. The van der Waals surface area contributed by atoms with E-state index in [1.807, 2.05) is 33.8 Å². The molecule has 1 amide bonds. The molecule has 0 aliphatic carbocycles. The van der Waals surface area contributed by atoms with Crippen LogP contribution in [0.25, 0.3) is 0 Å². The number of carbonyl (C=O) groups excluding carboxylic acids is 1. The van der Waals surface area contributed by atoms with Gasteiger partial charge in [0.2, 0.25) is 0 Å². The fraction of sp³-hybridized carbons (Fsp3) is 0.316. The van der Waals surface area contributed by atoms with Crippen molar-refractivity contribution >= 4 is 15.9 Å². The van der Waals surface area contributed by atoms with Crippen LogP contribution in [0.1, 0.15) is 36.5 Å². The number of benzene rings is 2. The van der Waals surface area contributed by atoms with E-state index in [1.54, 1.807) is 24.3 Å². The molecular formula is C19H24N2O4S. The van der Waals surface area contributed by atoms with E-state index in [2.05, 4.69) is 10.3 Å². The van der Waals surface area contributed by atoms with Crippen LogP contribution < -0.4 is 15.0 Å². The zero-order chi connectivity index (χ0) is 19.3. The van der Waals surface area contributed by atoms with Crippen LogP contribution in [0.2, 0.25) is 0 Å². The highest BCUT2D eigenvalue weighted by molar-refractivity contribution is 7.89. The molecular weight excluding hydrogens is 352 g/mol. The lowest BCUT2D eigenvalue weighted by Crippen LogP contribution is -2.43. The molecule has 2 aromatic carbocycles. The maximum Gasteiger partial charge on any atom is 0.272 e. The van der Waals surface area contributed by atoms with E-state index in [1.165, 1.54) is 12.1 Å². The molecule has 6 nitrogen and oxygen atoms in total. The minimum absolute atomic E-state index is 0.0810. The molecule has 0 bridgehead atoms. The maximum absolute atomic E-state index is 12.2. The lowest BCUT2D eigenvalue weighted by atomic mass is 10.0. The van der Waals surface area contributed by atoms with Gasteiger partial charge in [0.05, 0.1) is 4.90 Å². The second kappa shape index (κ2) is 8.33. The van der Waals surface area contributed by atoms with Crippen molar-refractivity contribution in [2.45, 2.75) is 38.5 Å². The van der Waals surface area contributed by atoms with Gasteiger partial charge in [0, 0.05) is 0 Å². The van der Waals surface area contributed by atoms with Crippen molar-refractivity contribution < 1.29 is 17.9 Å². The van der Waals surface area contributed by atoms with Gasteiger partial charge in [-0.05, 0) is 60.7 Å². The van der Waals surface area contributed by atoms with Gasteiger partial charge in [0.15, 0.2) is 6.61 Å². The lowest BCUT2D eigenvalue weighted by molar-refractivity contribution is -0.123. The van der Waals surface area contributed by atoms with E-state index in [9.17, 15) is 13.2 Å². The number of hydrogen-bond acceptors (Lipinski definition) is 4. The molecule has 0 heterocycles. The molecule has 0 saturated carbocycles. The molecule has 0 fully saturated rings. The van der Waals surface area contributed by atoms with Crippen LogP contribution in [0.15, 0.2) is 47.4 Å². The predicted molar refractivity (Wildman–Crippen MR) is 100 cm³/mol. The standard InChI is InChI=1S/C19H24N2O4S/c1-13(2)16-5-7-18(8-6-16)26(23,24)21-20-19(22)12-25-17-10-14(3)9-15(4)11-17/h5-11,13,21H,12H2,1-4H3,(H,20,22). The number of hydrogen-bond donors (Lipinski definition) is 2. The Kier molecular flexibility index (Phi) is 6.39. The van der Waals surface area contributed by atoms with Gasteiger partial charge < -0.3 is 4.74 Å². The average Bonchev–Trinajstić information content (AvgIpc) is 2.57. The third kappa shape index (κ3) is 5.57. The van der Waals surface area contributed by atoms with Crippen LogP contribution in [0.3, 0.4) is 0 Å². The molecule has 7 heteroatoms. The highest BCUT2D eigenvalue weighted by Gasteiger charge is 2.15. The summed E-state index contributed by atoms with van der Waals surface area (Å²) in [6.45, 7) is 7.62. The Bertz CT molecular complexity index is 855. The molecule has 140 valence electrons. The van der Waals surface area contributed by atoms with Gasteiger partial charge in [-0.25, -0.2) is 8.42 Å². The first-order valence-corrected chi connectivity index (χ1v) is 9.77. The Morgan fingerprint density at radius 3 is 2.15 bits per heavy atom. The van der Waals surface area contributed by atoms with Crippen molar-refractivity contribution in [1.82, 2.24) is 10.3 Å². The summed E-state index contributed by atoms with van der Waals surface area (Å²) in [5.74, 6) is 0.276. The summed E-state index contributed by atoms with van der Waals surface area (Å²) >= 11 is 0. The molecule has 0 aliphatic heterocycles. The molecule has 2 N–H and O–H groups in total. The van der Waals surface area contributed by atoms with E-state index < -0.39 is 15.9 Å². The Morgan fingerprint density at radius 2 is 1.62 bits per heavy atom. The quantitative estimate of drug-likeness (QED) is 0.728. The first-order valence-electron chi connectivity index (χ1n) is 8.29. The number of carbonyl (C=O) groups is 1. The predicted octanol–water partition coefficient (Wildman–Crippen LogP) is 2.82. The molecule has 26 heavy (non-hydrogen) atoms. The molecule has 2 rings (SSSR count). The smallest absolute Gasteiger partial charge is 0.272 e. The van der Waals surface area contributed by atoms with Crippen LogP contribution in [0.4, 0.5) is 0 Å². The normalized spacial score (nSPS) is 11.4. The second-order valence-corrected chi connectivity index (χ2v) is 8.17. The van der Waals surface area contributed by atoms with E-state index in [-0.39, 0.29) is 11.5 Å². The number of aryl methyl sites for hydroxylation is 2. The van der Waals surface area contributed by atoms with Crippen molar-refractivity contribution in [2.75, 3.05) is 6.61 Å². The highest BCUT2D eigenvalue weighted by Crippen LogP contribution is 2.17. The fourth-order valence-electron chi connectivity index (χ4n) is 2.42. The first-order chi connectivity index (χ1) is 12.2. The van der Waals surface area contributed by atoms with Crippen molar-refractivity contribution in [1.29, 1.82) is 0 Å². The third-order valence-corrected chi connectivity index (χ3v) is 5.01. The zero-order valence-electron chi connectivity index (χ0n) is 15.4. The van der Waals surface area contributed by atoms with Crippen molar-refractivity contribution in [3.8, 4) is 5.75 Å². The van der Waals surface area contributed by atoms with Crippen LogP contribution in [-0.4, -0.2) is 20.9 Å². The van der Waals surface area contributed by atoms with Gasteiger partial charge in [-0.2, -0.15) is 0 Å². The topological polar surface area (TPSA) is 84.5 Å². The summed E-state index contributed by atoms with van der Waals surface area (Å²) in [7, 11) is -3.83. The van der Waals surface area contributed by atoms with Gasteiger partial charge in [-0.1, -0.05) is 32.0 Å². The van der Waals surface area contributed by atoms with Crippen LogP contribution in [0.5, 0.6) is 5.75 Å². The summed E-state index contributed by atoms with van der Waals surface area (Å²) in [6, 6.07) is 12.1. The molecule has 0 aromatic heterocycles. The highest BCUT2D eigenvalue weighted by atomic mass is 32.2. The molecule has 0 aliphatic rings. The molecule has 0 unspecified atom stereocenters. The Morgan fingerprint density at radius 1 is 1.04 bits per heavy atom. The number of rotatable bonds is 7. The van der Waals surface area contributed by atoms with E-state index >= 15 is 0 Å². The Labute approximate surface area is 154 Å². The van der Waals surface area contributed by atoms with Gasteiger partial charge in [-0.3, -0.25) is 10.2 Å². The second-order valence-electron chi connectivity index (χ2n) is 6.49. The third-order valence-electron chi connectivity index (χ3n) is 3.75. The zero-order valence-corrected chi connectivity index (χ0v) is 16.2. The summed E-state index contributed by atoms with van der Waals surface area (Å²) < 4.78 is 29.8. The molecule has 2 aromatic rings. The number of amides is 1. The molecule has 0 spiro atoms. The van der Waals surface area contributed by atoms with Gasteiger partial charge in [-0.15, -0.1) is 4.83 Å². The van der Waals surface area contributed by atoms with Gasteiger partial charge in [0.25, 0.3) is 15.9 Å². The van der Waals surface area contributed by atoms with Crippen LogP contribution in [0, 0.1) is 13.8 Å². The van der Waals surface area contributed by atoms with Crippen molar-refractivity contribution in [3.05, 3.63) is 59.2 Å². The number of ether oxygens (including phenoxy) is 1. The van der Waals surface area contributed by atoms with Crippen LogP contribution in [-0.2, 0) is 14.8 Å². The minimum Gasteiger partial charge on any atom is -0.484 e. The fourth-order valence-corrected chi connectivity index (χ4v) is 3.28. The van der Waals surface area contributed by atoms with E-state index in [0.29, 0.717) is 11.7 Å². The van der Waals surface area contributed by atoms with E-state index in [4.69, 9.17) is 4.74 Å². The summed E-state index contributed by atoms with van der Waals surface area (Å²) in [6.07, 6.45) is 0. The summed E-state index contributed by atoms with van der Waals surface area (Å²) in [4.78, 5) is 14.0. The Balaban J connectivity index is 1.91. The average molecular weight is 376 g/mol. The monoisotopic (exact) mass is 376 g/mol. The summed E-state index contributed by atoms with van der Waals surface area (Å²) in [5, 5.41) is 0. The maximum atomic E-state index is 12.2.